The molecule has 0 radical (unpaired) electrons. The van der Waals surface area contributed by atoms with Gasteiger partial charge >= 0.3 is 0 Å². The summed E-state index contributed by atoms with van der Waals surface area (Å²) >= 11 is 0. The standard InChI is InChI=1S/C17H24N2O3/c1-12-17(20)19-8-4-5-14(19)11-18(12)10-13-6-7-15(21-2)16(9-13)22-3/h6-7,9,12,14H,4-5,8,10-11H2,1-3H3/t12-,14-/m0/s1. The predicted octanol–water partition coefficient (Wildman–Crippen LogP) is 1.90. The Morgan fingerprint density at radius 1 is 1.23 bits per heavy atom. The fraction of sp³-hybridized carbons (Fsp3) is 0.588. The Labute approximate surface area is 131 Å². The first-order chi connectivity index (χ1) is 10.6. The van der Waals surface area contributed by atoms with Gasteiger partial charge in [0, 0.05) is 25.7 Å². The topological polar surface area (TPSA) is 42.0 Å². The Morgan fingerprint density at radius 2 is 2.00 bits per heavy atom. The van der Waals surface area contributed by atoms with Crippen LogP contribution in [-0.2, 0) is 11.3 Å². The molecule has 2 aliphatic heterocycles. The second-order valence-corrected chi connectivity index (χ2v) is 6.12. The molecule has 2 fully saturated rings. The number of ether oxygens (including phenoxy) is 2. The first-order valence-electron chi connectivity index (χ1n) is 7.89. The third-order valence-corrected chi connectivity index (χ3v) is 4.84. The molecule has 0 saturated carbocycles. The van der Waals surface area contributed by atoms with Crippen LogP contribution in [0.5, 0.6) is 11.5 Å². The van der Waals surface area contributed by atoms with Crippen molar-refractivity contribution in [3.05, 3.63) is 23.8 Å². The van der Waals surface area contributed by atoms with Crippen LogP contribution in [-0.4, -0.2) is 55.1 Å². The van der Waals surface area contributed by atoms with Gasteiger partial charge in [0.25, 0.3) is 0 Å². The second kappa shape index (κ2) is 6.16. The quantitative estimate of drug-likeness (QED) is 0.852. The second-order valence-electron chi connectivity index (χ2n) is 6.12. The van der Waals surface area contributed by atoms with E-state index >= 15 is 0 Å². The minimum Gasteiger partial charge on any atom is -0.493 e. The van der Waals surface area contributed by atoms with Gasteiger partial charge in [0.2, 0.25) is 5.91 Å². The van der Waals surface area contributed by atoms with Crippen LogP contribution in [0, 0.1) is 0 Å². The van der Waals surface area contributed by atoms with Crippen molar-refractivity contribution in [3.8, 4) is 11.5 Å². The summed E-state index contributed by atoms with van der Waals surface area (Å²) in [7, 11) is 3.28. The van der Waals surface area contributed by atoms with E-state index in [4.69, 9.17) is 9.47 Å². The number of benzene rings is 1. The normalized spacial score (nSPS) is 25.2. The fourth-order valence-electron chi connectivity index (χ4n) is 3.56. The van der Waals surface area contributed by atoms with Gasteiger partial charge in [-0.1, -0.05) is 6.07 Å². The number of hydrogen-bond acceptors (Lipinski definition) is 4. The van der Waals surface area contributed by atoms with Crippen LogP contribution in [0.3, 0.4) is 0 Å². The van der Waals surface area contributed by atoms with Crippen LogP contribution in [0.1, 0.15) is 25.3 Å². The number of hydrogen-bond donors (Lipinski definition) is 0. The first-order valence-corrected chi connectivity index (χ1v) is 7.89. The minimum atomic E-state index is -0.0533. The largest absolute Gasteiger partial charge is 0.493 e. The maximum atomic E-state index is 12.5. The molecule has 0 aliphatic carbocycles. The van der Waals surface area contributed by atoms with E-state index in [-0.39, 0.29) is 11.9 Å². The van der Waals surface area contributed by atoms with Gasteiger partial charge in [0.1, 0.15) is 0 Å². The highest BCUT2D eigenvalue weighted by Gasteiger charge is 2.39. The van der Waals surface area contributed by atoms with Gasteiger partial charge in [-0.3, -0.25) is 9.69 Å². The zero-order valence-electron chi connectivity index (χ0n) is 13.5. The minimum absolute atomic E-state index is 0.0533. The van der Waals surface area contributed by atoms with Gasteiger partial charge in [0.15, 0.2) is 11.5 Å². The van der Waals surface area contributed by atoms with E-state index in [0.717, 1.165) is 49.5 Å². The highest BCUT2D eigenvalue weighted by Crippen LogP contribution is 2.30. The Hall–Kier alpha value is -1.75. The lowest BCUT2D eigenvalue weighted by Gasteiger charge is -2.41. The third kappa shape index (κ3) is 2.65. The summed E-state index contributed by atoms with van der Waals surface area (Å²) in [4.78, 5) is 16.8. The molecule has 0 aromatic heterocycles. The maximum Gasteiger partial charge on any atom is 0.239 e. The average Bonchev–Trinajstić information content (AvgIpc) is 3.00. The lowest BCUT2D eigenvalue weighted by atomic mass is 10.1. The number of carbonyl (C=O) groups excluding carboxylic acids is 1. The zero-order chi connectivity index (χ0) is 15.7. The number of fused-ring (bicyclic) bond motifs is 1. The SMILES string of the molecule is COc1ccc(CN2C[C@@H]3CCCN3C(=O)[C@@H]2C)cc1OC. The summed E-state index contributed by atoms with van der Waals surface area (Å²) in [6, 6.07) is 6.30. The molecule has 2 aliphatic rings. The zero-order valence-corrected chi connectivity index (χ0v) is 13.5. The van der Waals surface area contributed by atoms with Crippen LogP contribution >= 0.6 is 0 Å². The number of piperazine rings is 1. The molecule has 2 saturated heterocycles. The highest BCUT2D eigenvalue weighted by atomic mass is 16.5. The van der Waals surface area contributed by atoms with E-state index in [9.17, 15) is 4.79 Å². The summed E-state index contributed by atoms with van der Waals surface area (Å²) in [6.07, 6.45) is 2.26. The molecular weight excluding hydrogens is 280 g/mol. The summed E-state index contributed by atoms with van der Waals surface area (Å²) in [5.74, 6) is 1.74. The number of nitrogens with zero attached hydrogens (tertiary/aromatic N) is 2. The van der Waals surface area contributed by atoms with Crippen LogP contribution < -0.4 is 9.47 Å². The number of rotatable bonds is 4. The van der Waals surface area contributed by atoms with Crippen molar-refractivity contribution in [1.82, 2.24) is 9.80 Å². The number of amides is 1. The molecule has 1 aromatic carbocycles. The number of carbonyl (C=O) groups is 1. The van der Waals surface area contributed by atoms with Gasteiger partial charge in [-0.15, -0.1) is 0 Å². The molecule has 0 spiro atoms. The van der Waals surface area contributed by atoms with Gasteiger partial charge in [-0.05, 0) is 37.5 Å². The van der Waals surface area contributed by atoms with Crippen molar-refractivity contribution < 1.29 is 14.3 Å². The lowest BCUT2D eigenvalue weighted by Crippen LogP contribution is -2.58. The van der Waals surface area contributed by atoms with Crippen molar-refractivity contribution in [1.29, 1.82) is 0 Å². The van der Waals surface area contributed by atoms with Crippen LogP contribution in [0.25, 0.3) is 0 Å². The Morgan fingerprint density at radius 3 is 2.73 bits per heavy atom. The smallest absolute Gasteiger partial charge is 0.239 e. The van der Waals surface area contributed by atoms with Crippen LogP contribution in [0.4, 0.5) is 0 Å². The molecule has 0 bridgehead atoms. The Kier molecular flexibility index (Phi) is 4.25. The molecule has 120 valence electrons. The molecule has 0 unspecified atom stereocenters. The molecular formula is C17H24N2O3. The van der Waals surface area contributed by atoms with Crippen molar-refractivity contribution in [2.45, 2.75) is 38.4 Å². The third-order valence-electron chi connectivity index (χ3n) is 4.84. The van der Waals surface area contributed by atoms with Crippen molar-refractivity contribution in [2.24, 2.45) is 0 Å². The Bertz CT molecular complexity index is 561. The highest BCUT2D eigenvalue weighted by molar-refractivity contribution is 5.83. The maximum absolute atomic E-state index is 12.5. The number of methoxy groups -OCH3 is 2. The van der Waals surface area contributed by atoms with Crippen molar-refractivity contribution >= 4 is 5.91 Å². The summed E-state index contributed by atoms with van der Waals surface area (Å²) < 4.78 is 10.6. The van der Waals surface area contributed by atoms with E-state index in [0.29, 0.717) is 6.04 Å². The summed E-state index contributed by atoms with van der Waals surface area (Å²) in [6.45, 7) is 4.66. The Balaban J connectivity index is 1.76. The lowest BCUT2D eigenvalue weighted by molar-refractivity contribution is -0.143. The molecule has 5 heteroatoms. The predicted molar refractivity (Wildman–Crippen MR) is 84.2 cm³/mol. The molecule has 2 heterocycles. The summed E-state index contributed by atoms with van der Waals surface area (Å²) in [5.41, 5.74) is 1.14. The molecule has 1 aromatic rings. The van der Waals surface area contributed by atoms with E-state index in [1.54, 1.807) is 14.2 Å². The fourth-order valence-corrected chi connectivity index (χ4v) is 3.56. The van der Waals surface area contributed by atoms with Gasteiger partial charge in [0.05, 0.1) is 20.3 Å². The summed E-state index contributed by atoms with van der Waals surface area (Å²) in [5, 5.41) is 0. The molecule has 22 heavy (non-hydrogen) atoms. The van der Waals surface area contributed by atoms with Crippen LogP contribution in [0.2, 0.25) is 0 Å². The molecule has 1 amide bonds. The van der Waals surface area contributed by atoms with E-state index < -0.39 is 0 Å². The monoisotopic (exact) mass is 304 g/mol. The molecule has 0 N–H and O–H groups in total. The van der Waals surface area contributed by atoms with E-state index in [2.05, 4.69) is 9.80 Å². The molecule has 5 nitrogen and oxygen atoms in total. The van der Waals surface area contributed by atoms with Gasteiger partial charge < -0.3 is 14.4 Å². The van der Waals surface area contributed by atoms with E-state index in [1.807, 2.05) is 25.1 Å². The van der Waals surface area contributed by atoms with Crippen molar-refractivity contribution in [2.75, 3.05) is 27.3 Å². The van der Waals surface area contributed by atoms with Crippen LogP contribution in [0.15, 0.2) is 18.2 Å². The van der Waals surface area contributed by atoms with Gasteiger partial charge in [-0.2, -0.15) is 0 Å². The average molecular weight is 304 g/mol. The van der Waals surface area contributed by atoms with E-state index in [1.165, 1.54) is 0 Å². The van der Waals surface area contributed by atoms with Gasteiger partial charge in [-0.25, -0.2) is 0 Å². The van der Waals surface area contributed by atoms with Crippen molar-refractivity contribution in [3.63, 3.8) is 0 Å². The molecule has 3 rings (SSSR count). The first kappa shape index (κ1) is 15.2. The molecule has 2 atom stereocenters.